The summed E-state index contributed by atoms with van der Waals surface area (Å²) < 4.78 is 10.4. The summed E-state index contributed by atoms with van der Waals surface area (Å²) in [6, 6.07) is -0.815. The van der Waals surface area contributed by atoms with Crippen LogP contribution in [0.1, 0.15) is 19.3 Å². The van der Waals surface area contributed by atoms with Crippen LogP contribution >= 0.6 is 7.60 Å². The molecule has 0 radical (unpaired) electrons. The lowest BCUT2D eigenvalue weighted by Gasteiger charge is -2.05. The van der Waals surface area contributed by atoms with Crippen molar-refractivity contribution in [3.8, 4) is 0 Å². The number of unbranched alkanes of at least 4 members (excludes halogenated alkanes) is 1. The van der Waals surface area contributed by atoms with Crippen LogP contribution in [-0.2, 0) is 9.36 Å². The molecule has 0 aromatic rings. The number of carbonyl (C=O) groups is 1. The van der Waals surface area contributed by atoms with E-state index in [2.05, 4.69) is 5.32 Å². The SMILES string of the molecule is N[C@@H](CCCCNCC=CP(=O)(O)O)C(=O)O. The van der Waals surface area contributed by atoms with Gasteiger partial charge in [-0.25, -0.2) is 0 Å². The zero-order valence-corrected chi connectivity index (χ0v) is 10.3. The number of rotatable bonds is 9. The van der Waals surface area contributed by atoms with Crippen molar-refractivity contribution < 1.29 is 24.3 Å². The van der Waals surface area contributed by atoms with Gasteiger partial charge in [-0.2, -0.15) is 0 Å². The molecule has 0 rings (SSSR count). The number of nitrogens with one attached hydrogen (secondary N) is 1. The third-order valence-electron chi connectivity index (χ3n) is 2.00. The first-order valence-electron chi connectivity index (χ1n) is 5.25. The molecule has 0 aromatic heterocycles. The number of aliphatic carboxylic acids is 1. The van der Waals surface area contributed by atoms with Crippen LogP contribution < -0.4 is 11.1 Å². The van der Waals surface area contributed by atoms with Crippen LogP contribution in [0.3, 0.4) is 0 Å². The lowest BCUT2D eigenvalue weighted by molar-refractivity contribution is -0.138. The Morgan fingerprint density at radius 3 is 2.59 bits per heavy atom. The van der Waals surface area contributed by atoms with E-state index in [-0.39, 0.29) is 0 Å². The minimum atomic E-state index is -4.05. The average Bonchev–Trinajstić information content (AvgIpc) is 2.19. The molecule has 0 aliphatic rings. The van der Waals surface area contributed by atoms with E-state index in [4.69, 9.17) is 20.6 Å². The van der Waals surface area contributed by atoms with Crippen molar-refractivity contribution in [3.05, 3.63) is 11.9 Å². The molecule has 7 nitrogen and oxygen atoms in total. The normalized spacial score (nSPS) is 14.1. The molecule has 0 spiro atoms. The predicted molar refractivity (Wildman–Crippen MR) is 63.5 cm³/mol. The van der Waals surface area contributed by atoms with Crippen molar-refractivity contribution in [2.24, 2.45) is 5.73 Å². The molecule has 100 valence electrons. The fourth-order valence-corrected chi connectivity index (χ4v) is 1.49. The second-order valence-electron chi connectivity index (χ2n) is 3.62. The van der Waals surface area contributed by atoms with Crippen LogP contribution in [0.2, 0.25) is 0 Å². The monoisotopic (exact) mass is 266 g/mol. The van der Waals surface area contributed by atoms with Gasteiger partial charge < -0.3 is 25.9 Å². The zero-order chi connectivity index (χ0) is 13.3. The summed E-state index contributed by atoms with van der Waals surface area (Å²) in [6.07, 6.45) is 3.26. The molecule has 17 heavy (non-hydrogen) atoms. The molecule has 0 fully saturated rings. The molecule has 6 N–H and O–H groups in total. The molecule has 0 saturated carbocycles. The summed E-state index contributed by atoms with van der Waals surface area (Å²) in [5, 5.41) is 11.4. The highest BCUT2D eigenvalue weighted by Gasteiger charge is 2.09. The van der Waals surface area contributed by atoms with E-state index >= 15 is 0 Å². The summed E-state index contributed by atoms with van der Waals surface area (Å²) in [7, 11) is -4.05. The molecule has 0 unspecified atom stereocenters. The molecule has 0 amide bonds. The number of carboxylic acid groups (broad SMARTS) is 1. The maximum atomic E-state index is 10.4. The van der Waals surface area contributed by atoms with Gasteiger partial charge in [0.1, 0.15) is 6.04 Å². The largest absolute Gasteiger partial charge is 0.480 e. The van der Waals surface area contributed by atoms with Crippen LogP contribution in [0.5, 0.6) is 0 Å². The Bertz CT molecular complexity index is 302. The summed E-state index contributed by atoms with van der Waals surface area (Å²) in [4.78, 5) is 27.4. The van der Waals surface area contributed by atoms with Crippen LogP contribution in [0, 0.1) is 0 Å². The highest BCUT2D eigenvalue weighted by molar-refractivity contribution is 7.55. The number of carboxylic acids is 1. The summed E-state index contributed by atoms with van der Waals surface area (Å²) in [6.45, 7) is 1.02. The molecular formula is C9H19N2O5P. The highest BCUT2D eigenvalue weighted by atomic mass is 31.2. The standard InChI is InChI=1S/C9H19N2O5P/c10-8(9(12)13)4-1-2-5-11-6-3-7-17(14,15)16/h3,7-8,11H,1-2,4-6,10H2,(H,12,13)(H2,14,15,16)/t8-/m0/s1. The van der Waals surface area contributed by atoms with Gasteiger partial charge >= 0.3 is 13.6 Å². The van der Waals surface area contributed by atoms with Crippen molar-refractivity contribution in [2.45, 2.75) is 25.3 Å². The van der Waals surface area contributed by atoms with E-state index in [0.29, 0.717) is 25.9 Å². The second-order valence-corrected chi connectivity index (χ2v) is 5.09. The van der Waals surface area contributed by atoms with Crippen molar-refractivity contribution in [1.82, 2.24) is 5.32 Å². The summed E-state index contributed by atoms with van der Waals surface area (Å²) in [5.41, 5.74) is 5.31. The van der Waals surface area contributed by atoms with Crippen LogP contribution in [-0.4, -0.2) is 40.0 Å². The first-order valence-corrected chi connectivity index (χ1v) is 6.93. The Labute approximate surface area is 99.9 Å². The van der Waals surface area contributed by atoms with Crippen molar-refractivity contribution in [2.75, 3.05) is 13.1 Å². The summed E-state index contributed by atoms with van der Waals surface area (Å²) >= 11 is 0. The first-order chi connectivity index (χ1) is 7.83. The highest BCUT2D eigenvalue weighted by Crippen LogP contribution is 2.35. The molecule has 0 aliphatic heterocycles. The Hall–Kier alpha value is -0.720. The maximum Gasteiger partial charge on any atom is 0.348 e. The maximum absolute atomic E-state index is 10.4. The number of hydrogen-bond donors (Lipinski definition) is 5. The van der Waals surface area contributed by atoms with E-state index in [0.717, 1.165) is 12.2 Å². The van der Waals surface area contributed by atoms with Crippen LogP contribution in [0.25, 0.3) is 0 Å². The third-order valence-corrected chi connectivity index (χ3v) is 2.60. The fourth-order valence-electron chi connectivity index (χ4n) is 1.11. The Kier molecular flexibility index (Phi) is 8.03. The van der Waals surface area contributed by atoms with Crippen molar-refractivity contribution in [3.63, 3.8) is 0 Å². The first kappa shape index (κ1) is 16.3. The van der Waals surface area contributed by atoms with Gasteiger partial charge in [-0.1, -0.05) is 12.5 Å². The van der Waals surface area contributed by atoms with Gasteiger partial charge in [0.05, 0.1) is 0 Å². The third kappa shape index (κ3) is 11.5. The second kappa shape index (κ2) is 8.38. The van der Waals surface area contributed by atoms with E-state index in [9.17, 15) is 9.36 Å². The van der Waals surface area contributed by atoms with Gasteiger partial charge in [-0.05, 0) is 19.4 Å². The Morgan fingerprint density at radius 2 is 2.06 bits per heavy atom. The van der Waals surface area contributed by atoms with E-state index < -0.39 is 19.6 Å². The lowest BCUT2D eigenvalue weighted by atomic mass is 10.1. The minimum absolute atomic E-state index is 0.371. The Balaban J connectivity index is 3.39. The minimum Gasteiger partial charge on any atom is -0.480 e. The zero-order valence-electron chi connectivity index (χ0n) is 9.45. The molecule has 0 heterocycles. The number of hydrogen-bond acceptors (Lipinski definition) is 4. The van der Waals surface area contributed by atoms with E-state index in [1.165, 1.54) is 6.08 Å². The summed E-state index contributed by atoms with van der Waals surface area (Å²) in [5.74, 6) is -0.150. The van der Waals surface area contributed by atoms with Gasteiger partial charge in [0.15, 0.2) is 0 Å². The number of nitrogens with two attached hydrogens (primary N) is 1. The fraction of sp³-hybridized carbons (Fsp3) is 0.667. The molecule has 0 aliphatic carbocycles. The van der Waals surface area contributed by atoms with Crippen molar-refractivity contribution >= 4 is 13.6 Å². The molecule has 0 bridgehead atoms. The molecule has 8 heteroatoms. The molecule has 1 atom stereocenters. The lowest BCUT2D eigenvalue weighted by Crippen LogP contribution is -2.30. The average molecular weight is 266 g/mol. The molecule has 0 saturated heterocycles. The van der Waals surface area contributed by atoms with E-state index in [1.54, 1.807) is 0 Å². The quantitative estimate of drug-likeness (QED) is 0.289. The van der Waals surface area contributed by atoms with Gasteiger partial charge in [-0.15, -0.1) is 0 Å². The van der Waals surface area contributed by atoms with Gasteiger partial charge in [0.2, 0.25) is 0 Å². The smallest absolute Gasteiger partial charge is 0.348 e. The van der Waals surface area contributed by atoms with Crippen molar-refractivity contribution in [1.29, 1.82) is 0 Å². The van der Waals surface area contributed by atoms with E-state index in [1.807, 2.05) is 0 Å². The molecular weight excluding hydrogens is 247 g/mol. The van der Waals surface area contributed by atoms with Crippen LogP contribution in [0.15, 0.2) is 11.9 Å². The van der Waals surface area contributed by atoms with Gasteiger partial charge in [0, 0.05) is 12.4 Å². The topological polar surface area (TPSA) is 133 Å². The predicted octanol–water partition coefficient (Wildman–Crippen LogP) is -0.150. The Morgan fingerprint density at radius 1 is 1.41 bits per heavy atom. The van der Waals surface area contributed by atoms with Gasteiger partial charge in [0.25, 0.3) is 0 Å². The molecule has 0 aromatic carbocycles. The van der Waals surface area contributed by atoms with Gasteiger partial charge in [-0.3, -0.25) is 9.36 Å². The van der Waals surface area contributed by atoms with Crippen LogP contribution in [0.4, 0.5) is 0 Å².